The molecule has 0 N–H and O–H groups in total. The second kappa shape index (κ2) is 20.6. The molecule has 25 heavy (non-hydrogen) atoms. The summed E-state index contributed by atoms with van der Waals surface area (Å²) in [5, 5.41) is 38.4. The minimum absolute atomic E-state index is 0. The molecule has 9 heteroatoms. The van der Waals surface area contributed by atoms with Crippen LogP contribution in [0.5, 0.6) is 0 Å². The van der Waals surface area contributed by atoms with Gasteiger partial charge in [-0.2, -0.15) is 0 Å². The minimum Gasteiger partial charge on any atom is -0.550 e. The molecule has 0 spiro atoms. The molecule has 0 saturated heterocycles. The summed E-state index contributed by atoms with van der Waals surface area (Å²) in [6.07, 6.45) is 0. The van der Waals surface area contributed by atoms with Crippen LogP contribution >= 0.6 is 0 Å². The van der Waals surface area contributed by atoms with E-state index in [4.69, 9.17) is 0 Å². The van der Waals surface area contributed by atoms with Crippen molar-refractivity contribution in [3.8, 4) is 0 Å². The quantitative estimate of drug-likeness (QED) is 0.474. The van der Waals surface area contributed by atoms with Gasteiger partial charge in [0, 0.05) is 23.9 Å². The second-order valence-electron chi connectivity index (χ2n) is 5.89. The third-order valence-electron chi connectivity index (χ3n) is 1.89. The van der Waals surface area contributed by atoms with E-state index >= 15 is 0 Å². The van der Waals surface area contributed by atoms with E-state index < -0.39 is 23.9 Å². The fourth-order valence-corrected chi connectivity index (χ4v) is 0. The van der Waals surface area contributed by atoms with Crippen LogP contribution in [-0.4, -0.2) is 23.9 Å². The number of carboxylic acid groups (broad SMARTS) is 4. The van der Waals surface area contributed by atoms with Crippen molar-refractivity contribution in [3.63, 3.8) is 0 Å². The molecule has 0 aliphatic heterocycles. The van der Waals surface area contributed by atoms with Crippen molar-refractivity contribution in [1.29, 1.82) is 0 Å². The summed E-state index contributed by atoms with van der Waals surface area (Å²) in [5.41, 5.74) is 0. The first-order valence-corrected chi connectivity index (χ1v) is 7.41. The molecular weight excluding hydrogens is 368 g/mol. The zero-order valence-corrected chi connectivity index (χ0v) is 17.6. The minimum atomic E-state index is -0.991. The van der Waals surface area contributed by atoms with Gasteiger partial charge in [0.25, 0.3) is 0 Å². The normalized spacial score (nSPS) is 8.80. The van der Waals surface area contributed by atoms with E-state index in [0.717, 1.165) is 0 Å². The molecule has 0 aromatic carbocycles. The summed E-state index contributed by atoms with van der Waals surface area (Å²) in [4.78, 5) is 38.4. The third kappa shape index (κ3) is 45.0. The van der Waals surface area contributed by atoms with E-state index in [9.17, 15) is 39.6 Å². The Morgan fingerprint density at radius 2 is 0.480 bits per heavy atom. The number of hydrogen-bond acceptors (Lipinski definition) is 8. The predicted octanol–water partition coefficient (Wildman–Crippen LogP) is -2.43. The predicted molar refractivity (Wildman–Crippen MR) is 79.4 cm³/mol. The smallest absolute Gasteiger partial charge is 0.550 e. The second-order valence-corrected chi connectivity index (χ2v) is 5.89. The van der Waals surface area contributed by atoms with Crippen LogP contribution in [0.1, 0.15) is 55.4 Å². The first-order chi connectivity index (χ1) is 10.6. The van der Waals surface area contributed by atoms with Crippen molar-refractivity contribution >= 4 is 23.9 Å². The van der Waals surface area contributed by atoms with Crippen LogP contribution in [0, 0.1) is 23.7 Å². The molecule has 0 amide bonds. The van der Waals surface area contributed by atoms with Crippen LogP contribution in [0.4, 0.5) is 0 Å². The molecule has 0 fully saturated rings. The topological polar surface area (TPSA) is 161 Å². The standard InChI is InChI=1S/4C4H8O2.Ti/c4*1-3(2)4(5)6;/h4*3H,1-2H3,(H,5,6);/q;;;;+4/p-4. The zero-order chi connectivity index (χ0) is 20.6. The Labute approximate surface area is 164 Å². The van der Waals surface area contributed by atoms with Gasteiger partial charge < -0.3 is 39.6 Å². The maximum Gasteiger partial charge on any atom is 4.00 e. The average Bonchev–Trinajstić information content (AvgIpc) is 2.40. The summed E-state index contributed by atoms with van der Waals surface area (Å²) < 4.78 is 0. The Hall–Kier alpha value is -1.41. The molecule has 8 nitrogen and oxygen atoms in total. The number of carbonyl (C=O) groups excluding carboxylic acids is 4. The fourth-order valence-electron chi connectivity index (χ4n) is 0. The van der Waals surface area contributed by atoms with Crippen molar-refractivity contribution in [3.05, 3.63) is 0 Å². The average molecular weight is 396 g/mol. The van der Waals surface area contributed by atoms with Crippen molar-refractivity contribution < 1.29 is 61.3 Å². The van der Waals surface area contributed by atoms with Crippen LogP contribution in [0.25, 0.3) is 0 Å². The van der Waals surface area contributed by atoms with Gasteiger partial charge in [-0.05, 0) is 23.7 Å². The van der Waals surface area contributed by atoms with E-state index in [1.165, 1.54) is 0 Å². The maximum absolute atomic E-state index is 9.59. The zero-order valence-electron chi connectivity index (χ0n) is 16.1. The molecular formula is C16H28O8Ti. The summed E-state index contributed by atoms with van der Waals surface area (Å²) >= 11 is 0. The first kappa shape index (κ1) is 34.8. The van der Waals surface area contributed by atoms with Crippen molar-refractivity contribution in [1.82, 2.24) is 0 Å². The van der Waals surface area contributed by atoms with Gasteiger partial charge in [0.15, 0.2) is 0 Å². The van der Waals surface area contributed by atoms with Crippen molar-refractivity contribution in [2.45, 2.75) is 55.4 Å². The number of carboxylic acids is 4. The van der Waals surface area contributed by atoms with Crippen LogP contribution in [-0.2, 0) is 40.9 Å². The summed E-state index contributed by atoms with van der Waals surface area (Å²) in [6, 6.07) is 0. The molecule has 0 saturated carbocycles. The Balaban J connectivity index is -0.0000000702. The molecule has 0 aliphatic carbocycles. The van der Waals surface area contributed by atoms with Crippen LogP contribution in [0.2, 0.25) is 0 Å². The molecule has 0 rings (SSSR count). The largest absolute Gasteiger partial charge is 4.00 e. The van der Waals surface area contributed by atoms with Crippen molar-refractivity contribution in [2.75, 3.05) is 0 Å². The fraction of sp³-hybridized carbons (Fsp3) is 0.750. The molecule has 0 aliphatic rings. The van der Waals surface area contributed by atoms with Gasteiger partial charge in [-0.1, -0.05) is 55.4 Å². The van der Waals surface area contributed by atoms with Gasteiger partial charge in [-0.3, -0.25) is 0 Å². The van der Waals surface area contributed by atoms with Gasteiger partial charge in [-0.15, -0.1) is 0 Å². The first-order valence-electron chi connectivity index (χ1n) is 7.41. The van der Waals surface area contributed by atoms with Gasteiger partial charge in [0.2, 0.25) is 0 Å². The molecule has 0 unspecified atom stereocenters. The number of aliphatic carboxylic acids is 4. The van der Waals surface area contributed by atoms with E-state index in [2.05, 4.69) is 0 Å². The maximum atomic E-state index is 9.59. The molecule has 0 aromatic heterocycles. The number of carbonyl (C=O) groups is 4. The van der Waals surface area contributed by atoms with Gasteiger partial charge >= 0.3 is 21.7 Å². The molecule has 0 atom stereocenters. The molecule has 0 radical (unpaired) electrons. The summed E-state index contributed by atoms with van der Waals surface area (Å²) in [6.45, 7) is 12.6. The molecule has 144 valence electrons. The molecule has 0 bridgehead atoms. The monoisotopic (exact) mass is 396 g/mol. The van der Waals surface area contributed by atoms with Crippen molar-refractivity contribution in [2.24, 2.45) is 23.7 Å². The third-order valence-corrected chi connectivity index (χ3v) is 1.89. The Morgan fingerprint density at radius 3 is 0.480 bits per heavy atom. The van der Waals surface area contributed by atoms with E-state index in [0.29, 0.717) is 0 Å². The molecule has 0 heterocycles. The van der Waals surface area contributed by atoms with Gasteiger partial charge in [0.1, 0.15) is 0 Å². The number of rotatable bonds is 4. The van der Waals surface area contributed by atoms with Crippen LogP contribution in [0.15, 0.2) is 0 Å². The van der Waals surface area contributed by atoms with Crippen LogP contribution < -0.4 is 20.4 Å². The Morgan fingerprint density at radius 1 is 0.440 bits per heavy atom. The molecule has 0 aromatic rings. The van der Waals surface area contributed by atoms with E-state index in [-0.39, 0.29) is 45.4 Å². The van der Waals surface area contributed by atoms with E-state index in [1.54, 1.807) is 55.4 Å². The number of hydrogen-bond donors (Lipinski definition) is 0. The Kier molecular flexibility index (Phi) is 28.8. The van der Waals surface area contributed by atoms with E-state index in [1.807, 2.05) is 0 Å². The van der Waals surface area contributed by atoms with Crippen LogP contribution in [0.3, 0.4) is 0 Å². The Bertz CT molecular complexity index is 304. The van der Waals surface area contributed by atoms with Gasteiger partial charge in [-0.25, -0.2) is 0 Å². The SMILES string of the molecule is CC(C)C(=O)[O-].CC(C)C(=O)[O-].CC(C)C(=O)[O-].CC(C)C(=O)[O-].[Ti+4]. The summed E-state index contributed by atoms with van der Waals surface area (Å²) in [5.74, 6) is -5.33. The summed E-state index contributed by atoms with van der Waals surface area (Å²) in [7, 11) is 0. The van der Waals surface area contributed by atoms with Gasteiger partial charge in [0.05, 0.1) is 0 Å².